The van der Waals surface area contributed by atoms with Gasteiger partial charge in [0.1, 0.15) is 23.7 Å². The summed E-state index contributed by atoms with van der Waals surface area (Å²) in [5, 5.41) is 11.0. The van der Waals surface area contributed by atoms with Crippen molar-refractivity contribution in [3.05, 3.63) is 59.3 Å². The summed E-state index contributed by atoms with van der Waals surface area (Å²) in [5.41, 5.74) is 1.68. The number of ether oxygens (including phenoxy) is 1. The van der Waals surface area contributed by atoms with E-state index in [4.69, 9.17) is 20.8 Å². The number of halogens is 1. The van der Waals surface area contributed by atoms with Crippen molar-refractivity contribution in [1.82, 2.24) is 0 Å². The van der Waals surface area contributed by atoms with Gasteiger partial charge in [-0.15, -0.1) is 0 Å². The molecule has 1 aromatic heterocycles. The van der Waals surface area contributed by atoms with Crippen LogP contribution in [0.2, 0.25) is 5.02 Å². The molecule has 0 spiro atoms. The van der Waals surface area contributed by atoms with Gasteiger partial charge in [0.15, 0.2) is 0 Å². The standard InChI is InChI=1S/C15H11ClO3/c16-11-4-5-14-10(9-19-15(14)6-11)8-18-13-3-1-2-12(17)7-13/h1-7,9,17H,8H2. The fourth-order valence-corrected chi connectivity index (χ4v) is 2.07. The lowest BCUT2D eigenvalue weighted by Crippen LogP contribution is -1.93. The van der Waals surface area contributed by atoms with Crippen LogP contribution in [0.4, 0.5) is 0 Å². The zero-order chi connectivity index (χ0) is 13.2. The molecule has 1 N–H and O–H groups in total. The third-order valence-corrected chi connectivity index (χ3v) is 3.06. The average molecular weight is 275 g/mol. The molecule has 4 heteroatoms. The number of rotatable bonds is 3. The fourth-order valence-electron chi connectivity index (χ4n) is 1.90. The fraction of sp³-hybridized carbons (Fsp3) is 0.0667. The van der Waals surface area contributed by atoms with Crippen LogP contribution in [-0.4, -0.2) is 5.11 Å². The molecule has 0 aliphatic heterocycles. The second-order valence-electron chi connectivity index (χ2n) is 4.19. The molecule has 3 nitrogen and oxygen atoms in total. The summed E-state index contributed by atoms with van der Waals surface area (Å²) in [6, 6.07) is 12.2. The van der Waals surface area contributed by atoms with Gasteiger partial charge in [0.05, 0.1) is 6.26 Å². The van der Waals surface area contributed by atoms with Gasteiger partial charge in [0, 0.05) is 22.0 Å². The van der Waals surface area contributed by atoms with Gasteiger partial charge in [-0.3, -0.25) is 0 Å². The van der Waals surface area contributed by atoms with Crippen LogP contribution in [0.1, 0.15) is 5.56 Å². The first-order valence-corrected chi connectivity index (χ1v) is 6.17. The third kappa shape index (κ3) is 2.51. The largest absolute Gasteiger partial charge is 0.508 e. The molecule has 0 amide bonds. The highest BCUT2D eigenvalue weighted by Crippen LogP contribution is 2.26. The molecule has 3 aromatic rings. The second kappa shape index (κ2) is 4.86. The minimum atomic E-state index is 0.182. The molecule has 0 radical (unpaired) electrons. The third-order valence-electron chi connectivity index (χ3n) is 2.83. The molecule has 0 aliphatic rings. The van der Waals surface area contributed by atoms with Crippen molar-refractivity contribution >= 4 is 22.6 Å². The highest BCUT2D eigenvalue weighted by Gasteiger charge is 2.07. The van der Waals surface area contributed by atoms with E-state index >= 15 is 0 Å². The molecule has 0 unspecified atom stereocenters. The van der Waals surface area contributed by atoms with Crippen LogP contribution in [0.5, 0.6) is 11.5 Å². The van der Waals surface area contributed by atoms with Crippen LogP contribution in [-0.2, 0) is 6.61 Å². The van der Waals surface area contributed by atoms with Gasteiger partial charge in [0.25, 0.3) is 0 Å². The Bertz CT molecular complexity index is 718. The monoisotopic (exact) mass is 274 g/mol. The van der Waals surface area contributed by atoms with Crippen molar-refractivity contribution in [2.24, 2.45) is 0 Å². The highest BCUT2D eigenvalue weighted by molar-refractivity contribution is 6.31. The quantitative estimate of drug-likeness (QED) is 0.771. The van der Waals surface area contributed by atoms with E-state index in [1.165, 1.54) is 0 Å². The van der Waals surface area contributed by atoms with Gasteiger partial charge in [-0.05, 0) is 30.3 Å². The summed E-state index contributed by atoms with van der Waals surface area (Å²) >= 11 is 5.90. The van der Waals surface area contributed by atoms with Crippen molar-refractivity contribution in [2.45, 2.75) is 6.61 Å². The number of hydrogen-bond donors (Lipinski definition) is 1. The number of furan rings is 1. The number of phenolic OH excluding ortho intramolecular Hbond substituents is 1. The minimum absolute atomic E-state index is 0.182. The summed E-state index contributed by atoms with van der Waals surface area (Å²) in [7, 11) is 0. The molecule has 0 atom stereocenters. The molecular formula is C15H11ClO3. The maximum atomic E-state index is 9.36. The summed E-state index contributed by atoms with van der Waals surface area (Å²) in [4.78, 5) is 0. The molecule has 0 saturated heterocycles. The SMILES string of the molecule is Oc1cccc(OCc2coc3cc(Cl)ccc23)c1. The molecule has 0 bridgehead atoms. The number of phenols is 1. The first kappa shape index (κ1) is 11.9. The van der Waals surface area contributed by atoms with Gasteiger partial charge >= 0.3 is 0 Å². The number of fused-ring (bicyclic) bond motifs is 1. The van der Waals surface area contributed by atoms with E-state index in [0.29, 0.717) is 17.4 Å². The normalized spacial score (nSPS) is 10.8. The Kier molecular flexibility index (Phi) is 3.05. The van der Waals surface area contributed by atoms with Gasteiger partial charge < -0.3 is 14.3 Å². The van der Waals surface area contributed by atoms with E-state index < -0.39 is 0 Å². The van der Waals surface area contributed by atoms with E-state index in [0.717, 1.165) is 16.5 Å². The van der Waals surface area contributed by atoms with E-state index in [1.807, 2.05) is 12.1 Å². The number of aromatic hydroxyl groups is 1. The predicted octanol–water partition coefficient (Wildman–Crippen LogP) is 4.37. The van der Waals surface area contributed by atoms with Gasteiger partial charge in [0.2, 0.25) is 0 Å². The predicted molar refractivity (Wildman–Crippen MR) is 73.7 cm³/mol. The molecule has 0 fully saturated rings. The zero-order valence-corrected chi connectivity index (χ0v) is 10.7. The molecule has 1 heterocycles. The van der Waals surface area contributed by atoms with Crippen LogP contribution in [0, 0.1) is 0 Å². The number of hydrogen-bond acceptors (Lipinski definition) is 3. The topological polar surface area (TPSA) is 42.6 Å². The molecule has 2 aromatic carbocycles. The van der Waals surface area contributed by atoms with Crippen molar-refractivity contribution in [3.8, 4) is 11.5 Å². The van der Waals surface area contributed by atoms with Crippen molar-refractivity contribution < 1.29 is 14.3 Å². The Labute approximate surface area is 115 Å². The lowest BCUT2D eigenvalue weighted by molar-refractivity contribution is 0.304. The number of benzene rings is 2. The lowest BCUT2D eigenvalue weighted by atomic mass is 10.2. The zero-order valence-electron chi connectivity index (χ0n) is 9.97. The summed E-state index contributed by atoms with van der Waals surface area (Å²) in [6.45, 7) is 0.373. The molecular weight excluding hydrogens is 264 g/mol. The van der Waals surface area contributed by atoms with Crippen LogP contribution < -0.4 is 4.74 Å². The van der Waals surface area contributed by atoms with Crippen LogP contribution in [0.15, 0.2) is 53.1 Å². The van der Waals surface area contributed by atoms with Crippen molar-refractivity contribution in [1.29, 1.82) is 0 Å². The molecule has 0 saturated carbocycles. The Balaban J connectivity index is 1.82. The van der Waals surface area contributed by atoms with Gasteiger partial charge in [-0.2, -0.15) is 0 Å². The molecule has 19 heavy (non-hydrogen) atoms. The summed E-state index contributed by atoms with van der Waals surface area (Å²) < 4.78 is 11.0. The van der Waals surface area contributed by atoms with E-state index in [9.17, 15) is 5.11 Å². The molecule has 3 rings (SSSR count). The van der Waals surface area contributed by atoms with E-state index in [2.05, 4.69) is 0 Å². The average Bonchev–Trinajstić information content (AvgIpc) is 2.78. The summed E-state index contributed by atoms with van der Waals surface area (Å²) in [6.07, 6.45) is 1.66. The maximum absolute atomic E-state index is 9.36. The van der Waals surface area contributed by atoms with Crippen molar-refractivity contribution in [2.75, 3.05) is 0 Å². The Morgan fingerprint density at radius 2 is 2.05 bits per heavy atom. The van der Waals surface area contributed by atoms with Crippen LogP contribution in [0.3, 0.4) is 0 Å². The van der Waals surface area contributed by atoms with Crippen molar-refractivity contribution in [3.63, 3.8) is 0 Å². The van der Waals surface area contributed by atoms with Gasteiger partial charge in [-0.1, -0.05) is 17.7 Å². The van der Waals surface area contributed by atoms with E-state index in [1.54, 1.807) is 36.6 Å². The first-order chi connectivity index (χ1) is 9.22. The van der Waals surface area contributed by atoms with E-state index in [-0.39, 0.29) is 5.75 Å². The highest BCUT2D eigenvalue weighted by atomic mass is 35.5. The molecule has 96 valence electrons. The Morgan fingerprint density at radius 1 is 1.16 bits per heavy atom. The Morgan fingerprint density at radius 3 is 2.89 bits per heavy atom. The first-order valence-electron chi connectivity index (χ1n) is 5.80. The smallest absolute Gasteiger partial charge is 0.135 e. The molecule has 0 aliphatic carbocycles. The second-order valence-corrected chi connectivity index (χ2v) is 4.62. The van der Waals surface area contributed by atoms with Crippen LogP contribution in [0.25, 0.3) is 11.0 Å². The van der Waals surface area contributed by atoms with Gasteiger partial charge in [-0.25, -0.2) is 0 Å². The maximum Gasteiger partial charge on any atom is 0.135 e. The Hall–Kier alpha value is -2.13. The van der Waals surface area contributed by atoms with Crippen LogP contribution >= 0.6 is 11.6 Å². The minimum Gasteiger partial charge on any atom is -0.508 e. The summed E-state index contributed by atoms with van der Waals surface area (Å²) in [5.74, 6) is 0.796. The lowest BCUT2D eigenvalue weighted by Gasteiger charge is -2.05.